The Kier molecular flexibility index (Phi) is 6.52. The van der Waals surface area contributed by atoms with E-state index in [4.69, 9.17) is 0 Å². The lowest BCUT2D eigenvalue weighted by Crippen LogP contribution is -2.40. The van der Waals surface area contributed by atoms with E-state index in [1.807, 2.05) is 0 Å². The minimum atomic E-state index is -0.561. The molecule has 64 heavy (non-hydrogen) atoms. The van der Waals surface area contributed by atoms with E-state index in [0.29, 0.717) is 0 Å². The van der Waals surface area contributed by atoms with Gasteiger partial charge < -0.3 is 0 Å². The van der Waals surface area contributed by atoms with Gasteiger partial charge in [0.25, 0.3) is 0 Å². The molecule has 0 heterocycles. The summed E-state index contributed by atoms with van der Waals surface area (Å²) in [4.78, 5) is 0. The van der Waals surface area contributed by atoms with Crippen LogP contribution in [-0.4, -0.2) is 0 Å². The third-order valence-electron chi connectivity index (χ3n) is 15.7. The third-order valence-corrected chi connectivity index (χ3v) is 15.7. The van der Waals surface area contributed by atoms with Crippen molar-refractivity contribution in [1.82, 2.24) is 0 Å². The van der Waals surface area contributed by atoms with Crippen LogP contribution in [0.25, 0.3) is 109 Å². The predicted octanol–water partition coefficient (Wildman–Crippen LogP) is 17.0. The Morgan fingerprint density at radius 2 is 0.703 bits per heavy atom. The molecule has 0 saturated carbocycles. The molecule has 0 amide bonds. The molecule has 13 aromatic rings. The zero-order valence-electron chi connectivity index (χ0n) is 35.6. The van der Waals surface area contributed by atoms with E-state index in [-0.39, 0.29) is 5.41 Å². The molecule has 0 saturated heterocycles. The van der Waals surface area contributed by atoms with Crippen LogP contribution in [0, 0.1) is 0 Å². The van der Waals surface area contributed by atoms with E-state index in [9.17, 15) is 0 Å². The molecule has 15 rings (SSSR count). The van der Waals surface area contributed by atoms with Crippen LogP contribution >= 0.6 is 0 Å². The molecule has 0 radical (unpaired) electrons. The van der Waals surface area contributed by atoms with Gasteiger partial charge in [0, 0.05) is 5.41 Å². The normalized spacial score (nSPS) is 14.7. The molecule has 296 valence electrons. The first kappa shape index (κ1) is 34.7. The third kappa shape index (κ3) is 4.24. The Morgan fingerprint density at radius 3 is 1.23 bits per heavy atom. The number of benzene rings is 13. The van der Waals surface area contributed by atoms with Crippen molar-refractivity contribution in [3.8, 4) is 33.4 Å². The van der Waals surface area contributed by atoms with Crippen LogP contribution in [-0.2, 0) is 10.8 Å². The lowest BCUT2D eigenvalue weighted by Gasteiger charge is -2.46. The van der Waals surface area contributed by atoms with Gasteiger partial charge in [-0.3, -0.25) is 0 Å². The van der Waals surface area contributed by atoms with Crippen molar-refractivity contribution < 1.29 is 0 Å². The molecule has 0 heteroatoms. The number of rotatable bonds is 2. The van der Waals surface area contributed by atoms with Gasteiger partial charge in [-0.05, 0) is 179 Å². The second-order valence-corrected chi connectivity index (χ2v) is 19.1. The summed E-state index contributed by atoms with van der Waals surface area (Å²) < 4.78 is 0. The van der Waals surface area contributed by atoms with Gasteiger partial charge in [-0.2, -0.15) is 0 Å². The summed E-state index contributed by atoms with van der Waals surface area (Å²) in [5.74, 6) is 0. The van der Waals surface area contributed by atoms with Crippen LogP contribution in [0.15, 0.2) is 206 Å². The molecule has 0 nitrogen and oxygen atoms in total. The average Bonchev–Trinajstić information content (AvgIpc) is 3.64. The minimum absolute atomic E-state index is 0.192. The largest absolute Gasteiger partial charge is 0.0720 e. The predicted molar refractivity (Wildman–Crippen MR) is 272 cm³/mol. The molecule has 2 aliphatic carbocycles. The molecule has 2 aliphatic rings. The summed E-state index contributed by atoms with van der Waals surface area (Å²) in [6.07, 6.45) is 0. The van der Waals surface area contributed by atoms with E-state index in [1.54, 1.807) is 0 Å². The highest BCUT2D eigenvalue weighted by atomic mass is 14.5. The topological polar surface area (TPSA) is 0 Å². The van der Waals surface area contributed by atoms with Crippen LogP contribution in [0.4, 0.5) is 0 Å². The maximum atomic E-state index is 2.60. The fourth-order valence-corrected chi connectivity index (χ4v) is 13.0. The van der Waals surface area contributed by atoms with E-state index < -0.39 is 5.41 Å². The van der Waals surface area contributed by atoms with Crippen molar-refractivity contribution in [3.63, 3.8) is 0 Å². The number of hydrogen-bond acceptors (Lipinski definition) is 0. The molecule has 0 fully saturated rings. The second-order valence-electron chi connectivity index (χ2n) is 19.1. The highest BCUT2D eigenvalue weighted by Crippen LogP contribution is 2.64. The van der Waals surface area contributed by atoms with E-state index >= 15 is 0 Å². The summed E-state index contributed by atoms with van der Waals surface area (Å²) in [7, 11) is 0. The van der Waals surface area contributed by atoms with Gasteiger partial charge in [0.05, 0.1) is 5.41 Å². The molecule has 0 bridgehead atoms. The van der Waals surface area contributed by atoms with Gasteiger partial charge >= 0.3 is 0 Å². The minimum Gasteiger partial charge on any atom is -0.0619 e. The lowest BCUT2D eigenvalue weighted by molar-refractivity contribution is 0.563. The fourth-order valence-electron chi connectivity index (χ4n) is 13.0. The van der Waals surface area contributed by atoms with Crippen LogP contribution in [0.5, 0.6) is 0 Å². The summed E-state index contributed by atoms with van der Waals surface area (Å²) in [5.41, 5.74) is 15.2. The van der Waals surface area contributed by atoms with Gasteiger partial charge in [0.15, 0.2) is 0 Å². The first-order chi connectivity index (χ1) is 31.5. The second kappa shape index (κ2) is 12.0. The van der Waals surface area contributed by atoms with Crippen molar-refractivity contribution in [1.29, 1.82) is 0 Å². The van der Waals surface area contributed by atoms with E-state index in [1.165, 1.54) is 142 Å². The zero-order valence-corrected chi connectivity index (χ0v) is 35.6. The van der Waals surface area contributed by atoms with Crippen LogP contribution in [0.1, 0.15) is 47.2 Å². The molecular weight excluding hydrogens is 769 g/mol. The van der Waals surface area contributed by atoms with Crippen molar-refractivity contribution in [2.45, 2.75) is 24.7 Å². The Balaban J connectivity index is 1.06. The first-order valence-electron chi connectivity index (χ1n) is 22.7. The van der Waals surface area contributed by atoms with Crippen molar-refractivity contribution in [2.24, 2.45) is 0 Å². The van der Waals surface area contributed by atoms with Gasteiger partial charge in [-0.25, -0.2) is 0 Å². The molecule has 1 spiro atoms. The molecule has 0 aromatic heterocycles. The average molecular weight is 809 g/mol. The van der Waals surface area contributed by atoms with Crippen molar-refractivity contribution in [3.05, 3.63) is 240 Å². The molecule has 0 unspecified atom stereocenters. The van der Waals surface area contributed by atoms with Crippen molar-refractivity contribution in [2.75, 3.05) is 0 Å². The number of hydrogen-bond donors (Lipinski definition) is 0. The Hall–Kier alpha value is -7.80. The van der Waals surface area contributed by atoms with Crippen molar-refractivity contribution >= 4 is 75.4 Å². The van der Waals surface area contributed by atoms with E-state index in [0.717, 1.165) is 0 Å². The first-order valence-corrected chi connectivity index (χ1v) is 22.7. The molecule has 13 aromatic carbocycles. The standard InChI is InChI=1S/C64H40/c1-63(2)52-17-5-7-19-54(52)64(55-20-8-6-18-53(55)63)56-35-41(46-31-42-25-21-37-11-9-12-38-22-26-43(32-46)60(42)58(37)38)29-30-50(56)62-49-16-4-3-15-48(49)51(36-57(62)64)47-33-44-27-23-39-13-10-14-40-24-28-45(34-47)61(44)59(39)40/h3-36H,1-2H3. The maximum absolute atomic E-state index is 2.60. The SMILES string of the molecule is CC1(C)c2ccccc2C2(c3cc(-c4cc5ccc6cccc7ccc(c4)c5c67)ccc3-c3c2cc(-c2cc4ccc5cccc6ccc(c2)c4c56)c2ccccc32)c2ccccc21. The summed E-state index contributed by atoms with van der Waals surface area (Å²) in [6.45, 7) is 4.84. The Bertz CT molecular complexity index is 3980. The quantitative estimate of drug-likeness (QED) is 0.153. The van der Waals surface area contributed by atoms with E-state index in [2.05, 4.69) is 220 Å². The summed E-state index contributed by atoms with van der Waals surface area (Å²) in [6, 6.07) is 79.5. The monoisotopic (exact) mass is 808 g/mol. The van der Waals surface area contributed by atoms with Crippen LogP contribution in [0.3, 0.4) is 0 Å². The lowest BCUT2D eigenvalue weighted by atomic mass is 9.55. The van der Waals surface area contributed by atoms with Gasteiger partial charge in [0.1, 0.15) is 0 Å². The van der Waals surface area contributed by atoms with Gasteiger partial charge in [0.2, 0.25) is 0 Å². The number of fused-ring (bicyclic) bond motifs is 11. The smallest absolute Gasteiger partial charge is 0.0619 e. The van der Waals surface area contributed by atoms with Crippen LogP contribution < -0.4 is 0 Å². The highest BCUT2D eigenvalue weighted by molar-refractivity contribution is 6.25. The van der Waals surface area contributed by atoms with Gasteiger partial charge in [-0.1, -0.05) is 184 Å². The zero-order chi connectivity index (χ0) is 42.1. The molecule has 0 N–H and O–H groups in total. The Morgan fingerprint density at radius 1 is 0.266 bits per heavy atom. The maximum Gasteiger partial charge on any atom is 0.0720 e. The van der Waals surface area contributed by atoms with Crippen LogP contribution in [0.2, 0.25) is 0 Å². The fraction of sp³-hybridized carbons (Fsp3) is 0.0625. The van der Waals surface area contributed by atoms with Gasteiger partial charge in [-0.15, -0.1) is 0 Å². The Labute approximate surface area is 371 Å². The molecular formula is C64H40. The molecule has 0 atom stereocenters. The summed E-state index contributed by atoms with van der Waals surface area (Å²) >= 11 is 0. The summed E-state index contributed by atoms with van der Waals surface area (Å²) in [5, 5.41) is 18.3. The molecule has 0 aliphatic heterocycles. The highest BCUT2D eigenvalue weighted by Gasteiger charge is 2.54.